The Hall–Kier alpha value is -1.09. The Morgan fingerprint density at radius 3 is 3.06 bits per heavy atom. The van der Waals surface area contributed by atoms with Gasteiger partial charge in [-0.05, 0) is 49.4 Å². The predicted octanol–water partition coefficient (Wildman–Crippen LogP) is 2.19. The summed E-state index contributed by atoms with van der Waals surface area (Å²) in [6.45, 7) is 4.18. The maximum atomic E-state index is 13.2. The molecule has 0 atom stereocenters. The van der Waals surface area contributed by atoms with Gasteiger partial charge in [0.05, 0.1) is 0 Å². The molecule has 2 aliphatic rings. The maximum Gasteiger partial charge on any atom is 0.125 e. The van der Waals surface area contributed by atoms with Crippen molar-refractivity contribution in [3.05, 3.63) is 29.6 Å². The molecule has 1 fully saturated rings. The van der Waals surface area contributed by atoms with E-state index in [2.05, 4.69) is 10.2 Å². The minimum atomic E-state index is -0.124. The largest absolute Gasteiger partial charge is 0.370 e. The molecule has 1 aromatic carbocycles. The van der Waals surface area contributed by atoms with Gasteiger partial charge in [-0.3, -0.25) is 0 Å². The number of anilines is 1. The van der Waals surface area contributed by atoms with Crippen LogP contribution in [0, 0.1) is 11.7 Å². The Kier molecular flexibility index (Phi) is 3.02. The zero-order valence-electron chi connectivity index (χ0n) is 10.1. The lowest BCUT2D eigenvalue weighted by Crippen LogP contribution is -2.31. The molecular weight excluding hydrogens is 215 g/mol. The van der Waals surface area contributed by atoms with Gasteiger partial charge in [0.25, 0.3) is 0 Å². The standard InChI is InChI=1S/C14H19FN2/c15-13-4-3-12-5-7-17(14(12)9-13)8-6-16-10-11-1-2-11/h3-4,9,11,16H,1-2,5-8,10H2. The highest BCUT2D eigenvalue weighted by molar-refractivity contribution is 5.58. The molecule has 1 heterocycles. The number of rotatable bonds is 5. The average Bonchev–Trinajstić information content (AvgIpc) is 3.07. The first-order chi connectivity index (χ1) is 8.33. The van der Waals surface area contributed by atoms with E-state index in [1.165, 1.54) is 18.4 Å². The van der Waals surface area contributed by atoms with Crippen LogP contribution in [0.2, 0.25) is 0 Å². The van der Waals surface area contributed by atoms with E-state index < -0.39 is 0 Å². The maximum absolute atomic E-state index is 13.2. The van der Waals surface area contributed by atoms with Crippen molar-refractivity contribution in [2.24, 2.45) is 5.92 Å². The molecule has 0 spiro atoms. The molecule has 0 unspecified atom stereocenters. The smallest absolute Gasteiger partial charge is 0.125 e. The van der Waals surface area contributed by atoms with Gasteiger partial charge >= 0.3 is 0 Å². The summed E-state index contributed by atoms with van der Waals surface area (Å²) in [5.74, 6) is 0.805. The second-order valence-corrected chi connectivity index (χ2v) is 5.16. The Morgan fingerprint density at radius 1 is 1.35 bits per heavy atom. The second kappa shape index (κ2) is 4.65. The zero-order chi connectivity index (χ0) is 11.7. The van der Waals surface area contributed by atoms with E-state index in [1.54, 1.807) is 12.1 Å². The van der Waals surface area contributed by atoms with E-state index in [0.717, 1.165) is 44.2 Å². The fourth-order valence-corrected chi connectivity index (χ4v) is 2.49. The number of halogens is 1. The van der Waals surface area contributed by atoms with E-state index in [-0.39, 0.29) is 5.82 Å². The lowest BCUT2D eigenvalue weighted by atomic mass is 10.2. The molecule has 1 aromatic rings. The summed E-state index contributed by atoms with van der Waals surface area (Å²) in [5.41, 5.74) is 2.38. The van der Waals surface area contributed by atoms with Gasteiger partial charge in [-0.1, -0.05) is 6.07 Å². The van der Waals surface area contributed by atoms with E-state index >= 15 is 0 Å². The highest BCUT2D eigenvalue weighted by Gasteiger charge is 2.21. The van der Waals surface area contributed by atoms with Crippen LogP contribution in [0.4, 0.5) is 10.1 Å². The molecular formula is C14H19FN2. The summed E-state index contributed by atoms with van der Waals surface area (Å²) < 4.78 is 13.2. The van der Waals surface area contributed by atoms with Crippen LogP contribution in [0.15, 0.2) is 18.2 Å². The molecule has 3 rings (SSSR count). The fourth-order valence-electron chi connectivity index (χ4n) is 2.49. The lowest BCUT2D eigenvalue weighted by Gasteiger charge is -2.19. The van der Waals surface area contributed by atoms with Crippen molar-refractivity contribution in [3.8, 4) is 0 Å². The van der Waals surface area contributed by atoms with Crippen molar-refractivity contribution < 1.29 is 4.39 Å². The summed E-state index contributed by atoms with van der Waals surface area (Å²) in [6.07, 6.45) is 3.84. The van der Waals surface area contributed by atoms with Crippen molar-refractivity contribution >= 4 is 5.69 Å². The summed E-state index contributed by atoms with van der Waals surface area (Å²) in [4.78, 5) is 2.29. The highest BCUT2D eigenvalue weighted by atomic mass is 19.1. The number of fused-ring (bicyclic) bond motifs is 1. The number of hydrogen-bond donors (Lipinski definition) is 1. The van der Waals surface area contributed by atoms with E-state index in [9.17, 15) is 4.39 Å². The Morgan fingerprint density at radius 2 is 2.24 bits per heavy atom. The Labute approximate surface area is 102 Å². The molecule has 1 N–H and O–H groups in total. The monoisotopic (exact) mass is 234 g/mol. The lowest BCUT2D eigenvalue weighted by molar-refractivity contribution is 0.621. The highest BCUT2D eigenvalue weighted by Crippen LogP contribution is 2.29. The van der Waals surface area contributed by atoms with Gasteiger partial charge in [-0.25, -0.2) is 4.39 Å². The van der Waals surface area contributed by atoms with Gasteiger partial charge in [-0.15, -0.1) is 0 Å². The first kappa shape index (κ1) is 11.0. The second-order valence-electron chi connectivity index (χ2n) is 5.16. The van der Waals surface area contributed by atoms with E-state index in [0.29, 0.717) is 0 Å². The predicted molar refractivity (Wildman–Crippen MR) is 67.9 cm³/mol. The molecule has 0 radical (unpaired) electrons. The SMILES string of the molecule is Fc1ccc2c(c1)N(CCNCC1CC1)CC2. The minimum absolute atomic E-state index is 0.124. The topological polar surface area (TPSA) is 15.3 Å². The van der Waals surface area contributed by atoms with Crippen LogP contribution in [-0.2, 0) is 6.42 Å². The van der Waals surface area contributed by atoms with E-state index in [4.69, 9.17) is 0 Å². The summed E-state index contributed by atoms with van der Waals surface area (Å²) in [7, 11) is 0. The first-order valence-electron chi connectivity index (χ1n) is 6.57. The summed E-state index contributed by atoms with van der Waals surface area (Å²) in [6, 6.07) is 5.15. The van der Waals surface area contributed by atoms with Gasteiger partial charge in [0, 0.05) is 25.3 Å². The van der Waals surface area contributed by atoms with Crippen LogP contribution >= 0.6 is 0 Å². The number of nitrogens with one attached hydrogen (secondary N) is 1. The van der Waals surface area contributed by atoms with Crippen LogP contribution in [0.25, 0.3) is 0 Å². The minimum Gasteiger partial charge on any atom is -0.370 e. The van der Waals surface area contributed by atoms with Crippen LogP contribution in [-0.4, -0.2) is 26.2 Å². The molecule has 0 amide bonds. The van der Waals surface area contributed by atoms with Crippen molar-refractivity contribution in [2.75, 3.05) is 31.1 Å². The van der Waals surface area contributed by atoms with Crippen LogP contribution in [0.1, 0.15) is 18.4 Å². The van der Waals surface area contributed by atoms with Crippen molar-refractivity contribution in [1.82, 2.24) is 5.32 Å². The number of benzene rings is 1. The third-order valence-corrected chi connectivity index (χ3v) is 3.73. The molecule has 0 aromatic heterocycles. The summed E-state index contributed by atoms with van der Waals surface area (Å²) in [5, 5.41) is 3.48. The zero-order valence-corrected chi connectivity index (χ0v) is 10.1. The molecule has 1 aliphatic heterocycles. The van der Waals surface area contributed by atoms with Gasteiger partial charge in [-0.2, -0.15) is 0 Å². The van der Waals surface area contributed by atoms with Gasteiger partial charge < -0.3 is 10.2 Å². The van der Waals surface area contributed by atoms with Gasteiger partial charge in [0.1, 0.15) is 5.82 Å². The van der Waals surface area contributed by atoms with E-state index in [1.807, 2.05) is 6.07 Å². The van der Waals surface area contributed by atoms with Crippen molar-refractivity contribution in [3.63, 3.8) is 0 Å². The Balaban J connectivity index is 1.53. The third kappa shape index (κ3) is 2.60. The van der Waals surface area contributed by atoms with Crippen molar-refractivity contribution in [2.45, 2.75) is 19.3 Å². The molecule has 2 nitrogen and oxygen atoms in total. The fraction of sp³-hybridized carbons (Fsp3) is 0.571. The molecule has 17 heavy (non-hydrogen) atoms. The molecule has 92 valence electrons. The van der Waals surface area contributed by atoms with Crippen molar-refractivity contribution in [1.29, 1.82) is 0 Å². The van der Waals surface area contributed by atoms with Crippen LogP contribution in [0.5, 0.6) is 0 Å². The molecule has 1 aliphatic carbocycles. The molecule has 3 heteroatoms. The first-order valence-corrected chi connectivity index (χ1v) is 6.57. The average molecular weight is 234 g/mol. The van der Waals surface area contributed by atoms with Gasteiger partial charge in [0.2, 0.25) is 0 Å². The molecule has 1 saturated carbocycles. The quantitative estimate of drug-likeness (QED) is 0.786. The molecule has 0 saturated heterocycles. The third-order valence-electron chi connectivity index (χ3n) is 3.73. The van der Waals surface area contributed by atoms with Gasteiger partial charge in [0.15, 0.2) is 0 Å². The molecule has 0 bridgehead atoms. The van der Waals surface area contributed by atoms with Crippen LogP contribution in [0.3, 0.4) is 0 Å². The van der Waals surface area contributed by atoms with Crippen LogP contribution < -0.4 is 10.2 Å². The Bertz CT molecular complexity index is 401. The summed E-state index contributed by atoms with van der Waals surface area (Å²) >= 11 is 0. The normalized spacial score (nSPS) is 18.5. The number of hydrogen-bond acceptors (Lipinski definition) is 2. The number of nitrogens with zero attached hydrogens (tertiary/aromatic N) is 1.